The number of aliphatic hydroxyl groups excluding tert-OH is 1. The summed E-state index contributed by atoms with van der Waals surface area (Å²) in [5.74, 6) is 3.07. The van der Waals surface area contributed by atoms with Crippen molar-refractivity contribution in [2.75, 3.05) is 24.7 Å². The van der Waals surface area contributed by atoms with E-state index in [1.54, 1.807) is 11.8 Å². The quantitative estimate of drug-likeness (QED) is 0.734. The molecular formula is C14H19NO2S. The van der Waals surface area contributed by atoms with E-state index < -0.39 is 0 Å². The van der Waals surface area contributed by atoms with Crippen molar-refractivity contribution in [1.82, 2.24) is 0 Å². The predicted octanol–water partition coefficient (Wildman–Crippen LogP) is 2.49. The lowest BCUT2D eigenvalue weighted by Gasteiger charge is -2.08. The van der Waals surface area contributed by atoms with E-state index in [1.807, 2.05) is 31.2 Å². The van der Waals surface area contributed by atoms with Crippen LogP contribution >= 0.6 is 11.8 Å². The first kappa shape index (κ1) is 14.9. The molecule has 1 rings (SSSR count). The van der Waals surface area contributed by atoms with Crippen LogP contribution in [0.1, 0.15) is 12.5 Å². The van der Waals surface area contributed by atoms with Gasteiger partial charge in [0.05, 0.1) is 19.1 Å². The van der Waals surface area contributed by atoms with Crippen LogP contribution in [0.15, 0.2) is 24.3 Å². The molecular weight excluding hydrogens is 246 g/mol. The van der Waals surface area contributed by atoms with Crippen molar-refractivity contribution in [2.45, 2.75) is 13.3 Å². The van der Waals surface area contributed by atoms with E-state index in [-0.39, 0.29) is 6.61 Å². The molecule has 1 unspecified atom stereocenters. The van der Waals surface area contributed by atoms with Gasteiger partial charge in [-0.15, -0.1) is 0 Å². The molecule has 0 aromatic heterocycles. The van der Waals surface area contributed by atoms with Gasteiger partial charge in [-0.1, -0.05) is 19.1 Å². The molecule has 0 heterocycles. The molecule has 0 amide bonds. The average molecular weight is 265 g/mol. The number of nitrogens with zero attached hydrogens (tertiary/aromatic N) is 1. The summed E-state index contributed by atoms with van der Waals surface area (Å²) < 4.78 is 5.59. The highest BCUT2D eigenvalue weighted by atomic mass is 32.2. The Morgan fingerprint density at radius 3 is 2.72 bits per heavy atom. The second kappa shape index (κ2) is 8.84. The molecule has 1 N–H and O–H groups in total. The number of thioether (sulfide) groups is 1. The van der Waals surface area contributed by atoms with Gasteiger partial charge in [-0.3, -0.25) is 0 Å². The van der Waals surface area contributed by atoms with Gasteiger partial charge in [0.1, 0.15) is 5.75 Å². The van der Waals surface area contributed by atoms with Gasteiger partial charge >= 0.3 is 0 Å². The monoisotopic (exact) mass is 265 g/mol. The van der Waals surface area contributed by atoms with Crippen molar-refractivity contribution >= 4 is 11.8 Å². The lowest BCUT2D eigenvalue weighted by atomic mass is 10.2. The molecule has 0 aliphatic heterocycles. The molecule has 1 aromatic carbocycles. The van der Waals surface area contributed by atoms with Crippen molar-refractivity contribution in [3.63, 3.8) is 0 Å². The summed E-state index contributed by atoms with van der Waals surface area (Å²) in [5.41, 5.74) is 1.01. The fourth-order valence-electron chi connectivity index (χ4n) is 1.35. The molecule has 0 bridgehead atoms. The minimum absolute atomic E-state index is 0.244. The molecule has 1 atom stereocenters. The highest BCUT2D eigenvalue weighted by Gasteiger charge is 2.00. The van der Waals surface area contributed by atoms with Crippen LogP contribution in [0.25, 0.3) is 0 Å². The van der Waals surface area contributed by atoms with Crippen molar-refractivity contribution in [3.8, 4) is 11.8 Å². The van der Waals surface area contributed by atoms with Crippen LogP contribution in [0.5, 0.6) is 5.75 Å². The second-order valence-corrected chi connectivity index (χ2v) is 5.34. The van der Waals surface area contributed by atoms with Crippen LogP contribution in [0.2, 0.25) is 0 Å². The standard InChI is InChI=1S/C14H19NO2S/c1-12(10-16)11-18-9-8-17-14-4-2-13(3-5-14)6-7-15/h2-5,12,16H,6,8-11H2,1H3. The summed E-state index contributed by atoms with van der Waals surface area (Å²) in [7, 11) is 0. The second-order valence-electron chi connectivity index (χ2n) is 4.19. The van der Waals surface area contributed by atoms with Gasteiger partial charge in [-0.05, 0) is 29.4 Å². The molecule has 4 heteroatoms. The zero-order valence-corrected chi connectivity index (χ0v) is 11.4. The number of benzene rings is 1. The van der Waals surface area contributed by atoms with Crippen LogP contribution in [0.4, 0.5) is 0 Å². The van der Waals surface area contributed by atoms with Gasteiger partial charge in [0.2, 0.25) is 0 Å². The Labute approximate surface area is 113 Å². The van der Waals surface area contributed by atoms with Crippen molar-refractivity contribution < 1.29 is 9.84 Å². The van der Waals surface area contributed by atoms with E-state index in [2.05, 4.69) is 6.07 Å². The minimum atomic E-state index is 0.244. The maximum absolute atomic E-state index is 8.87. The van der Waals surface area contributed by atoms with Crippen LogP contribution in [0, 0.1) is 17.2 Å². The highest BCUT2D eigenvalue weighted by molar-refractivity contribution is 7.99. The molecule has 0 fully saturated rings. The third kappa shape index (κ3) is 5.95. The number of ether oxygens (including phenoxy) is 1. The van der Waals surface area contributed by atoms with Crippen molar-refractivity contribution in [2.24, 2.45) is 5.92 Å². The average Bonchev–Trinajstić information content (AvgIpc) is 2.40. The van der Waals surface area contributed by atoms with Gasteiger partial charge < -0.3 is 9.84 Å². The van der Waals surface area contributed by atoms with Crippen LogP contribution in [-0.2, 0) is 6.42 Å². The van der Waals surface area contributed by atoms with E-state index >= 15 is 0 Å². The fraction of sp³-hybridized carbons (Fsp3) is 0.500. The molecule has 0 spiro atoms. The summed E-state index contributed by atoms with van der Waals surface area (Å²) in [6, 6.07) is 9.74. The Hall–Kier alpha value is -1.18. The summed E-state index contributed by atoms with van der Waals surface area (Å²) in [6.45, 7) is 2.94. The van der Waals surface area contributed by atoms with Crippen LogP contribution < -0.4 is 4.74 Å². The Morgan fingerprint density at radius 2 is 2.11 bits per heavy atom. The Bertz CT molecular complexity index is 372. The first-order valence-corrected chi connectivity index (χ1v) is 7.19. The third-order valence-electron chi connectivity index (χ3n) is 2.42. The number of hydrogen-bond donors (Lipinski definition) is 1. The van der Waals surface area contributed by atoms with Gasteiger partial charge in [0.15, 0.2) is 0 Å². The minimum Gasteiger partial charge on any atom is -0.493 e. The smallest absolute Gasteiger partial charge is 0.119 e. The number of hydrogen-bond acceptors (Lipinski definition) is 4. The molecule has 1 aromatic rings. The van der Waals surface area contributed by atoms with E-state index in [1.165, 1.54) is 0 Å². The summed E-state index contributed by atoms with van der Waals surface area (Å²) in [4.78, 5) is 0. The lowest BCUT2D eigenvalue weighted by molar-refractivity contribution is 0.250. The summed E-state index contributed by atoms with van der Waals surface area (Å²) >= 11 is 1.79. The number of nitriles is 1. The first-order chi connectivity index (χ1) is 8.76. The normalized spacial score (nSPS) is 11.8. The van der Waals surface area contributed by atoms with E-state index in [0.29, 0.717) is 18.9 Å². The molecule has 18 heavy (non-hydrogen) atoms. The van der Waals surface area contributed by atoms with Gasteiger partial charge in [-0.2, -0.15) is 17.0 Å². The van der Waals surface area contributed by atoms with E-state index in [9.17, 15) is 0 Å². The largest absolute Gasteiger partial charge is 0.493 e. The van der Waals surface area contributed by atoms with Gasteiger partial charge in [0.25, 0.3) is 0 Å². The van der Waals surface area contributed by atoms with E-state index in [0.717, 1.165) is 22.8 Å². The Kier molecular flexibility index (Phi) is 7.31. The SMILES string of the molecule is CC(CO)CSCCOc1ccc(CC#N)cc1. The van der Waals surface area contributed by atoms with Crippen molar-refractivity contribution in [3.05, 3.63) is 29.8 Å². The van der Waals surface area contributed by atoms with E-state index in [4.69, 9.17) is 15.1 Å². The summed E-state index contributed by atoms with van der Waals surface area (Å²) in [6.07, 6.45) is 0.440. The third-order valence-corrected chi connectivity index (χ3v) is 3.68. The first-order valence-electron chi connectivity index (χ1n) is 6.03. The zero-order chi connectivity index (χ0) is 13.2. The molecule has 0 saturated heterocycles. The molecule has 0 aliphatic carbocycles. The van der Waals surface area contributed by atoms with Gasteiger partial charge in [-0.25, -0.2) is 0 Å². The molecule has 98 valence electrons. The molecule has 0 aliphatic rings. The topological polar surface area (TPSA) is 53.2 Å². The molecule has 0 radical (unpaired) electrons. The maximum Gasteiger partial charge on any atom is 0.119 e. The fourth-order valence-corrected chi connectivity index (χ4v) is 2.23. The Balaban J connectivity index is 2.17. The lowest BCUT2D eigenvalue weighted by Crippen LogP contribution is -2.06. The maximum atomic E-state index is 8.87. The molecule has 3 nitrogen and oxygen atoms in total. The number of rotatable bonds is 8. The number of aliphatic hydroxyl groups is 1. The van der Waals surface area contributed by atoms with Gasteiger partial charge in [0, 0.05) is 12.4 Å². The van der Waals surface area contributed by atoms with Crippen LogP contribution in [-0.4, -0.2) is 29.8 Å². The Morgan fingerprint density at radius 1 is 1.39 bits per heavy atom. The highest BCUT2D eigenvalue weighted by Crippen LogP contribution is 2.13. The van der Waals surface area contributed by atoms with Crippen molar-refractivity contribution in [1.29, 1.82) is 5.26 Å². The van der Waals surface area contributed by atoms with Crippen LogP contribution in [0.3, 0.4) is 0 Å². The summed E-state index contributed by atoms with van der Waals surface area (Å²) in [5, 5.41) is 17.4. The predicted molar refractivity (Wildman–Crippen MR) is 74.8 cm³/mol. The zero-order valence-electron chi connectivity index (χ0n) is 10.6. The molecule has 0 saturated carbocycles.